The molecule has 1 aliphatic rings. The number of benzene rings is 1. The van der Waals surface area contributed by atoms with Crippen molar-refractivity contribution in [3.05, 3.63) is 35.9 Å². The van der Waals surface area contributed by atoms with Gasteiger partial charge in [-0.05, 0) is 5.56 Å². The predicted molar refractivity (Wildman–Crippen MR) is 76.4 cm³/mol. The van der Waals surface area contributed by atoms with Crippen LogP contribution in [0.4, 0.5) is 0 Å². The number of ether oxygens (including phenoxy) is 1. The maximum Gasteiger partial charge on any atom is 0.161 e. The summed E-state index contributed by atoms with van der Waals surface area (Å²) in [6.45, 7) is 0.540. The normalized spacial score (nSPS) is 29.8. The van der Waals surface area contributed by atoms with Crippen LogP contribution in [0.15, 0.2) is 30.3 Å². The highest BCUT2D eigenvalue weighted by Gasteiger charge is 2.41. The number of aliphatic hydroxyl groups is 3. The quantitative estimate of drug-likeness (QED) is 0.510. The third kappa shape index (κ3) is 4.37. The molecule has 1 aromatic carbocycles. The minimum absolute atomic E-state index is 0.0730. The van der Waals surface area contributed by atoms with Crippen LogP contribution in [0.2, 0.25) is 0 Å². The van der Waals surface area contributed by atoms with Gasteiger partial charge in [0.2, 0.25) is 0 Å². The van der Waals surface area contributed by atoms with Crippen molar-refractivity contribution < 1.29 is 24.9 Å². The van der Waals surface area contributed by atoms with Gasteiger partial charge in [0.15, 0.2) is 6.23 Å². The third-order valence-corrected chi connectivity index (χ3v) is 3.47. The van der Waals surface area contributed by atoms with Crippen molar-refractivity contribution in [3.8, 4) is 0 Å². The molecule has 0 amide bonds. The molecule has 6 nitrogen and oxygen atoms in total. The fourth-order valence-electron chi connectivity index (χ4n) is 2.12. The monoisotopic (exact) mass is 317 g/mol. The van der Waals surface area contributed by atoms with Crippen molar-refractivity contribution in [2.24, 2.45) is 0 Å². The van der Waals surface area contributed by atoms with Gasteiger partial charge in [-0.3, -0.25) is 4.84 Å². The molecule has 1 fully saturated rings. The summed E-state index contributed by atoms with van der Waals surface area (Å²) in [7, 11) is 0. The summed E-state index contributed by atoms with van der Waals surface area (Å²) in [5.41, 5.74) is 0.961. The second-order valence-electron chi connectivity index (χ2n) is 4.86. The molecule has 21 heavy (non-hydrogen) atoms. The van der Waals surface area contributed by atoms with E-state index in [0.717, 1.165) is 5.56 Å². The van der Waals surface area contributed by atoms with E-state index in [2.05, 4.69) is 0 Å². The maximum atomic E-state index is 10.0. The second-order valence-corrected chi connectivity index (χ2v) is 5.24. The van der Waals surface area contributed by atoms with Crippen LogP contribution in [0, 0.1) is 0 Å². The number of hydrogen-bond acceptors (Lipinski definition) is 6. The number of halogens is 1. The molecular weight excluding hydrogens is 298 g/mol. The number of nitrogens with zero attached hydrogens (tertiary/aromatic N) is 1. The van der Waals surface area contributed by atoms with Gasteiger partial charge in [-0.2, -0.15) is 5.06 Å². The van der Waals surface area contributed by atoms with Crippen LogP contribution >= 0.6 is 11.6 Å². The van der Waals surface area contributed by atoms with Crippen LogP contribution in [-0.4, -0.2) is 64.0 Å². The standard InChI is InChI=1S/C14H20ClNO5/c15-6-7-16(21-8-10-4-2-1-3-5-10)14-13(19)12(18)11(17)9-20-14/h1-5,11-14,17-19H,6-9H2/t11-,12+,13-,14-/m1/s1. The van der Waals surface area contributed by atoms with Gasteiger partial charge in [-0.15, -0.1) is 11.6 Å². The molecule has 0 spiro atoms. The van der Waals surface area contributed by atoms with E-state index in [0.29, 0.717) is 13.2 Å². The number of hydroxylamine groups is 2. The average Bonchev–Trinajstić information content (AvgIpc) is 2.51. The van der Waals surface area contributed by atoms with E-state index in [4.69, 9.17) is 21.2 Å². The van der Waals surface area contributed by atoms with E-state index in [1.54, 1.807) is 0 Å². The molecule has 0 saturated carbocycles. The van der Waals surface area contributed by atoms with E-state index in [1.165, 1.54) is 5.06 Å². The van der Waals surface area contributed by atoms with Crippen molar-refractivity contribution in [1.29, 1.82) is 0 Å². The molecule has 1 saturated heterocycles. The first kappa shape index (κ1) is 16.6. The largest absolute Gasteiger partial charge is 0.388 e. The van der Waals surface area contributed by atoms with Gasteiger partial charge in [-0.1, -0.05) is 30.3 Å². The first-order valence-corrected chi connectivity index (χ1v) is 7.32. The number of aliphatic hydroxyl groups excluding tert-OH is 3. The summed E-state index contributed by atoms with van der Waals surface area (Å²) >= 11 is 5.74. The highest BCUT2D eigenvalue weighted by molar-refractivity contribution is 6.18. The van der Waals surface area contributed by atoms with Crippen LogP contribution in [0.25, 0.3) is 0 Å². The van der Waals surface area contributed by atoms with E-state index in [9.17, 15) is 15.3 Å². The summed E-state index contributed by atoms with van der Waals surface area (Å²) < 4.78 is 5.36. The van der Waals surface area contributed by atoms with E-state index in [-0.39, 0.29) is 12.5 Å². The Morgan fingerprint density at radius 2 is 1.90 bits per heavy atom. The third-order valence-electron chi connectivity index (χ3n) is 3.30. The topological polar surface area (TPSA) is 82.4 Å². The molecular formula is C14H20ClNO5. The van der Waals surface area contributed by atoms with Gasteiger partial charge in [0, 0.05) is 12.4 Å². The fraction of sp³-hybridized carbons (Fsp3) is 0.571. The second kappa shape index (κ2) is 8.05. The van der Waals surface area contributed by atoms with Crippen molar-refractivity contribution in [2.75, 3.05) is 19.0 Å². The first-order chi connectivity index (χ1) is 10.1. The predicted octanol–water partition coefficient (Wildman–Crippen LogP) is 0.0980. The molecule has 1 heterocycles. The Kier molecular flexibility index (Phi) is 6.38. The summed E-state index contributed by atoms with van der Waals surface area (Å²) in [5.74, 6) is 0.278. The minimum atomic E-state index is -1.28. The molecule has 7 heteroatoms. The van der Waals surface area contributed by atoms with Crippen LogP contribution in [0.5, 0.6) is 0 Å². The van der Waals surface area contributed by atoms with Gasteiger partial charge in [-0.25, -0.2) is 0 Å². The number of alkyl halides is 1. The molecule has 4 atom stereocenters. The zero-order valence-corrected chi connectivity index (χ0v) is 12.3. The fourth-order valence-corrected chi connectivity index (χ4v) is 2.29. The van der Waals surface area contributed by atoms with Crippen molar-refractivity contribution in [1.82, 2.24) is 5.06 Å². The lowest BCUT2D eigenvalue weighted by atomic mass is 10.0. The maximum absolute atomic E-state index is 10.0. The first-order valence-electron chi connectivity index (χ1n) is 6.78. The zero-order chi connectivity index (χ0) is 15.2. The van der Waals surface area contributed by atoms with Gasteiger partial charge < -0.3 is 20.1 Å². The molecule has 2 rings (SSSR count). The van der Waals surface area contributed by atoms with E-state index in [1.807, 2.05) is 30.3 Å². The van der Waals surface area contributed by atoms with Crippen LogP contribution in [0.1, 0.15) is 5.56 Å². The highest BCUT2D eigenvalue weighted by atomic mass is 35.5. The Labute approximate surface area is 128 Å². The summed E-state index contributed by atoms with van der Waals surface area (Å²) in [5, 5.41) is 30.6. The molecule has 0 bridgehead atoms. The van der Waals surface area contributed by atoms with Gasteiger partial charge >= 0.3 is 0 Å². The van der Waals surface area contributed by atoms with Gasteiger partial charge in [0.25, 0.3) is 0 Å². The van der Waals surface area contributed by atoms with Crippen molar-refractivity contribution in [2.45, 2.75) is 31.1 Å². The zero-order valence-electron chi connectivity index (χ0n) is 11.5. The highest BCUT2D eigenvalue weighted by Crippen LogP contribution is 2.20. The van der Waals surface area contributed by atoms with Gasteiger partial charge in [0.05, 0.1) is 13.2 Å². The lowest BCUT2D eigenvalue weighted by molar-refractivity contribution is -0.317. The van der Waals surface area contributed by atoms with E-state index < -0.39 is 24.5 Å². The SMILES string of the molecule is O[C@@H]1[C@@H](O)[C@H](N(CCCl)OCc2ccccc2)OC[C@H]1O. The van der Waals surface area contributed by atoms with Crippen molar-refractivity contribution in [3.63, 3.8) is 0 Å². The summed E-state index contributed by atoms with van der Waals surface area (Å²) in [4.78, 5) is 5.63. The lowest BCUT2D eigenvalue weighted by Gasteiger charge is -2.40. The Balaban J connectivity index is 1.97. The van der Waals surface area contributed by atoms with Crippen LogP contribution < -0.4 is 0 Å². The molecule has 1 aliphatic heterocycles. The Hall–Kier alpha value is -0.730. The number of hydrogen-bond donors (Lipinski definition) is 3. The summed E-state index contributed by atoms with van der Waals surface area (Å²) in [6, 6.07) is 9.53. The summed E-state index contributed by atoms with van der Waals surface area (Å²) in [6.07, 6.45) is -4.52. The Morgan fingerprint density at radius 3 is 2.57 bits per heavy atom. The molecule has 0 radical (unpaired) electrons. The smallest absolute Gasteiger partial charge is 0.161 e. The molecule has 0 aromatic heterocycles. The Bertz CT molecular complexity index is 421. The van der Waals surface area contributed by atoms with E-state index >= 15 is 0 Å². The minimum Gasteiger partial charge on any atom is -0.388 e. The molecule has 0 unspecified atom stereocenters. The van der Waals surface area contributed by atoms with Crippen LogP contribution in [0.3, 0.4) is 0 Å². The van der Waals surface area contributed by atoms with Gasteiger partial charge in [0.1, 0.15) is 18.3 Å². The number of rotatable bonds is 6. The Morgan fingerprint density at radius 1 is 1.19 bits per heavy atom. The molecule has 0 aliphatic carbocycles. The molecule has 3 N–H and O–H groups in total. The lowest BCUT2D eigenvalue weighted by Crippen LogP contribution is -2.59. The molecule has 1 aromatic rings. The van der Waals surface area contributed by atoms with Crippen LogP contribution in [-0.2, 0) is 16.2 Å². The average molecular weight is 318 g/mol. The molecule has 118 valence electrons. The van der Waals surface area contributed by atoms with Crippen molar-refractivity contribution >= 4 is 11.6 Å².